The number of nitrogens with zero attached hydrogens (tertiary/aromatic N) is 2. The number of rotatable bonds is 4. The average Bonchev–Trinajstić information content (AvgIpc) is 3.11. The molecule has 0 spiro atoms. The third kappa shape index (κ3) is 4.04. The minimum Gasteiger partial charge on any atom is -0.349 e. The van der Waals surface area contributed by atoms with Crippen LogP contribution in [-0.2, 0) is 11.2 Å². The molecule has 5 heteroatoms. The number of carbonyl (C=O) groups is 1. The van der Waals surface area contributed by atoms with Crippen molar-refractivity contribution in [1.82, 2.24) is 9.88 Å². The molecule has 2 aromatic rings. The number of hydrogen-bond acceptors (Lipinski definition) is 3. The molecule has 0 saturated carbocycles. The van der Waals surface area contributed by atoms with E-state index in [-0.39, 0.29) is 5.91 Å². The summed E-state index contributed by atoms with van der Waals surface area (Å²) in [4.78, 5) is 17.4. The highest BCUT2D eigenvalue weighted by Gasteiger charge is 2.24. The molecule has 130 valence electrons. The highest BCUT2D eigenvalue weighted by atomic mass is 32.2. The molecule has 3 rings (SSSR count). The summed E-state index contributed by atoms with van der Waals surface area (Å²) in [6, 6.07) is 10.6. The van der Waals surface area contributed by atoms with E-state index in [2.05, 4.69) is 67.0 Å². The maximum Gasteiger partial charge on any atom is 0.264 e. The van der Waals surface area contributed by atoms with Crippen LogP contribution in [0.15, 0.2) is 46.4 Å². The summed E-state index contributed by atoms with van der Waals surface area (Å²) in [5, 5.41) is 3.47. The van der Waals surface area contributed by atoms with Gasteiger partial charge in [-0.1, -0.05) is 19.1 Å². The first kappa shape index (κ1) is 17.5. The number of aromatic nitrogens is 1. The number of aryl methyl sites for hydroxylation is 2. The highest BCUT2D eigenvalue weighted by Crippen LogP contribution is 2.29. The van der Waals surface area contributed by atoms with Crippen molar-refractivity contribution in [3.8, 4) is 0 Å². The van der Waals surface area contributed by atoms with Gasteiger partial charge in [0.1, 0.15) is 0 Å². The van der Waals surface area contributed by atoms with Crippen LogP contribution in [-0.4, -0.2) is 15.6 Å². The Balaban J connectivity index is 1.79. The Bertz CT molecular complexity index is 844. The van der Waals surface area contributed by atoms with E-state index in [1.165, 1.54) is 23.0 Å². The summed E-state index contributed by atoms with van der Waals surface area (Å²) in [6.45, 7) is 8.50. The Kier molecular flexibility index (Phi) is 5.13. The van der Waals surface area contributed by atoms with Crippen molar-refractivity contribution in [2.24, 2.45) is 4.99 Å². The Labute approximate surface area is 153 Å². The van der Waals surface area contributed by atoms with Crippen LogP contribution < -0.4 is 5.32 Å². The van der Waals surface area contributed by atoms with Gasteiger partial charge in [-0.05, 0) is 74.4 Å². The zero-order chi connectivity index (χ0) is 18.0. The Morgan fingerprint density at radius 2 is 2.00 bits per heavy atom. The number of hydrogen-bond donors (Lipinski definition) is 1. The summed E-state index contributed by atoms with van der Waals surface area (Å²) in [7, 11) is 0. The predicted molar refractivity (Wildman–Crippen MR) is 106 cm³/mol. The third-order valence-electron chi connectivity index (χ3n) is 4.15. The Morgan fingerprint density at radius 3 is 2.60 bits per heavy atom. The summed E-state index contributed by atoms with van der Waals surface area (Å²) < 4.78 is 2.20. The maximum absolute atomic E-state index is 12.2. The lowest BCUT2D eigenvalue weighted by molar-refractivity contribution is -0.115. The number of benzene rings is 1. The molecular weight excluding hydrogens is 330 g/mol. The fourth-order valence-electron chi connectivity index (χ4n) is 2.81. The molecule has 1 aliphatic rings. The molecule has 0 unspecified atom stereocenters. The lowest BCUT2D eigenvalue weighted by Crippen LogP contribution is -2.19. The van der Waals surface area contributed by atoms with E-state index in [1.807, 2.05) is 18.2 Å². The van der Waals surface area contributed by atoms with Crippen molar-refractivity contribution >= 4 is 34.6 Å². The molecule has 1 aromatic carbocycles. The van der Waals surface area contributed by atoms with Gasteiger partial charge in [0.15, 0.2) is 5.17 Å². The fraction of sp³-hybridized carbons (Fsp3) is 0.300. The van der Waals surface area contributed by atoms with Crippen molar-refractivity contribution in [3.05, 3.63) is 58.3 Å². The van der Waals surface area contributed by atoms with E-state index >= 15 is 0 Å². The van der Waals surface area contributed by atoms with E-state index in [4.69, 9.17) is 0 Å². The number of amidine groups is 1. The van der Waals surface area contributed by atoms with Crippen LogP contribution in [0.4, 0.5) is 5.69 Å². The molecular formula is C20H23N3OS. The number of amides is 1. The van der Waals surface area contributed by atoms with Crippen LogP contribution >= 0.6 is 11.8 Å². The van der Waals surface area contributed by atoms with E-state index in [0.29, 0.717) is 16.1 Å². The molecule has 0 atom stereocenters. The van der Waals surface area contributed by atoms with Crippen molar-refractivity contribution < 1.29 is 4.79 Å². The van der Waals surface area contributed by atoms with Crippen LogP contribution in [0.2, 0.25) is 0 Å². The second-order valence-electron chi connectivity index (χ2n) is 6.42. The molecule has 2 heterocycles. The smallest absolute Gasteiger partial charge is 0.264 e. The molecule has 1 saturated heterocycles. The van der Waals surface area contributed by atoms with Gasteiger partial charge < -0.3 is 9.88 Å². The van der Waals surface area contributed by atoms with Gasteiger partial charge in [-0.2, -0.15) is 0 Å². The maximum atomic E-state index is 12.2. The first-order chi connectivity index (χ1) is 12.0. The summed E-state index contributed by atoms with van der Waals surface area (Å²) in [5.41, 5.74) is 4.35. The van der Waals surface area contributed by atoms with Crippen LogP contribution in [0.1, 0.15) is 43.6 Å². The quantitative estimate of drug-likeness (QED) is 0.800. The van der Waals surface area contributed by atoms with Gasteiger partial charge in [0.2, 0.25) is 0 Å². The standard InChI is InChI=1S/C20H23N3OS/c1-5-15-6-8-17(9-7-15)21-20-22-19(24)18(25-20)11-16-10-14(4)23(12-16)13(2)3/h6-13H,5H2,1-4H3,(H,21,22,24)/b18-11+. The van der Waals surface area contributed by atoms with Crippen molar-refractivity contribution in [1.29, 1.82) is 0 Å². The monoisotopic (exact) mass is 353 g/mol. The number of aliphatic imine (C=N–C) groups is 1. The number of thioether (sulfide) groups is 1. The Morgan fingerprint density at radius 1 is 1.28 bits per heavy atom. The average molecular weight is 353 g/mol. The first-order valence-corrected chi connectivity index (χ1v) is 9.35. The Hall–Kier alpha value is -2.27. The van der Waals surface area contributed by atoms with E-state index in [9.17, 15) is 4.79 Å². The largest absolute Gasteiger partial charge is 0.349 e. The molecule has 0 bridgehead atoms. The van der Waals surface area contributed by atoms with Crippen LogP contribution in [0.3, 0.4) is 0 Å². The molecule has 1 N–H and O–H groups in total. The van der Waals surface area contributed by atoms with Crippen molar-refractivity contribution in [2.75, 3.05) is 0 Å². The lowest BCUT2D eigenvalue weighted by atomic mass is 10.2. The van der Waals surface area contributed by atoms with E-state index < -0.39 is 0 Å². The van der Waals surface area contributed by atoms with Gasteiger partial charge in [0, 0.05) is 17.9 Å². The normalized spacial score (nSPS) is 17.7. The third-order valence-corrected chi connectivity index (χ3v) is 5.06. The zero-order valence-corrected chi connectivity index (χ0v) is 15.9. The zero-order valence-electron chi connectivity index (χ0n) is 15.0. The van der Waals surface area contributed by atoms with E-state index in [0.717, 1.165) is 17.7 Å². The number of carbonyl (C=O) groups excluding carboxylic acids is 1. The second kappa shape index (κ2) is 7.31. The van der Waals surface area contributed by atoms with Crippen molar-refractivity contribution in [2.45, 2.75) is 40.2 Å². The van der Waals surface area contributed by atoms with Gasteiger partial charge >= 0.3 is 0 Å². The van der Waals surface area contributed by atoms with Gasteiger partial charge in [-0.25, -0.2) is 4.99 Å². The predicted octanol–water partition coefficient (Wildman–Crippen LogP) is 4.83. The second-order valence-corrected chi connectivity index (χ2v) is 7.45. The number of nitrogens with one attached hydrogen (secondary N) is 1. The van der Waals surface area contributed by atoms with Crippen LogP contribution in [0.25, 0.3) is 6.08 Å². The molecule has 1 amide bonds. The van der Waals surface area contributed by atoms with Gasteiger partial charge in [0.05, 0.1) is 10.6 Å². The van der Waals surface area contributed by atoms with Crippen LogP contribution in [0.5, 0.6) is 0 Å². The topological polar surface area (TPSA) is 46.4 Å². The molecule has 4 nitrogen and oxygen atoms in total. The summed E-state index contributed by atoms with van der Waals surface area (Å²) in [5.74, 6) is -0.0936. The fourth-order valence-corrected chi connectivity index (χ4v) is 3.65. The minimum absolute atomic E-state index is 0.0936. The van der Waals surface area contributed by atoms with Crippen LogP contribution in [0, 0.1) is 6.92 Å². The summed E-state index contributed by atoms with van der Waals surface area (Å²) >= 11 is 1.38. The molecule has 1 fully saturated rings. The van der Waals surface area contributed by atoms with Gasteiger partial charge in [-0.3, -0.25) is 4.79 Å². The highest BCUT2D eigenvalue weighted by molar-refractivity contribution is 8.18. The molecule has 25 heavy (non-hydrogen) atoms. The first-order valence-electron chi connectivity index (χ1n) is 8.53. The molecule has 1 aliphatic heterocycles. The SMILES string of the molecule is CCc1ccc(N=C2NC(=O)/C(=C\c3cc(C)n(C(C)C)c3)S2)cc1. The molecule has 0 radical (unpaired) electrons. The lowest BCUT2D eigenvalue weighted by Gasteiger charge is -2.08. The van der Waals surface area contributed by atoms with E-state index in [1.54, 1.807) is 0 Å². The minimum atomic E-state index is -0.0936. The van der Waals surface area contributed by atoms with Crippen molar-refractivity contribution in [3.63, 3.8) is 0 Å². The molecule has 1 aromatic heterocycles. The summed E-state index contributed by atoms with van der Waals surface area (Å²) in [6.07, 6.45) is 5.01. The van der Waals surface area contributed by atoms with Gasteiger partial charge in [0.25, 0.3) is 5.91 Å². The molecule has 0 aliphatic carbocycles. The van der Waals surface area contributed by atoms with Gasteiger partial charge in [-0.15, -0.1) is 0 Å².